The van der Waals surface area contributed by atoms with Crippen molar-refractivity contribution in [2.45, 2.75) is 39.8 Å². The van der Waals surface area contributed by atoms with Crippen LogP contribution in [0.3, 0.4) is 0 Å². The summed E-state index contributed by atoms with van der Waals surface area (Å²) in [6.07, 6.45) is 3.49. The molecule has 2 N–H and O–H groups in total. The van der Waals surface area contributed by atoms with E-state index in [9.17, 15) is 4.79 Å². The summed E-state index contributed by atoms with van der Waals surface area (Å²) >= 11 is 0. The Kier molecular flexibility index (Phi) is 3.72. The van der Waals surface area contributed by atoms with E-state index in [2.05, 4.69) is 34.3 Å². The normalized spacial score (nSPS) is 11.8. The lowest BCUT2D eigenvalue weighted by atomic mass is 10.1. The molecular weight excluding hydrogens is 288 g/mol. The predicted octanol–water partition coefficient (Wildman–Crippen LogP) is 3.25. The highest BCUT2D eigenvalue weighted by Gasteiger charge is 2.17. The van der Waals surface area contributed by atoms with Gasteiger partial charge in [0.05, 0.1) is 23.9 Å². The van der Waals surface area contributed by atoms with Crippen molar-refractivity contribution in [3.63, 3.8) is 0 Å². The van der Waals surface area contributed by atoms with E-state index in [-0.39, 0.29) is 18.0 Å². The Balaban J connectivity index is 1.94. The first-order valence-corrected chi connectivity index (χ1v) is 7.74. The number of hydrogen-bond donors (Lipinski definition) is 2. The van der Waals surface area contributed by atoms with E-state index in [0.29, 0.717) is 0 Å². The number of fused-ring (bicyclic) bond motifs is 1. The Morgan fingerprint density at radius 1 is 1.30 bits per heavy atom. The number of rotatable bonds is 3. The molecule has 0 saturated heterocycles. The van der Waals surface area contributed by atoms with Gasteiger partial charge in [0.1, 0.15) is 6.54 Å². The molecule has 0 unspecified atom stereocenters. The van der Waals surface area contributed by atoms with Crippen LogP contribution in [0.2, 0.25) is 0 Å². The summed E-state index contributed by atoms with van der Waals surface area (Å²) in [6, 6.07) is 8.19. The molecule has 0 aliphatic heterocycles. The highest BCUT2D eigenvalue weighted by Crippen LogP contribution is 2.29. The molecule has 5 nitrogen and oxygen atoms in total. The molecule has 0 fully saturated rings. The summed E-state index contributed by atoms with van der Waals surface area (Å²) in [7, 11) is 0. The Bertz CT molecular complexity index is 851. The molecule has 1 amide bonds. The number of carbonyl (C=O) groups is 1. The highest BCUT2D eigenvalue weighted by atomic mass is 16.2. The van der Waals surface area contributed by atoms with Crippen molar-refractivity contribution in [2.75, 3.05) is 0 Å². The van der Waals surface area contributed by atoms with E-state index < -0.39 is 0 Å². The molecule has 0 saturated carbocycles. The zero-order valence-corrected chi connectivity index (χ0v) is 14.0. The van der Waals surface area contributed by atoms with Crippen LogP contribution >= 0.6 is 0 Å². The zero-order chi connectivity index (χ0) is 16.6. The number of aromatic amines is 1. The molecule has 2 heterocycles. The van der Waals surface area contributed by atoms with Crippen LogP contribution in [0.1, 0.15) is 26.3 Å². The number of para-hydroxylation sites is 1. The summed E-state index contributed by atoms with van der Waals surface area (Å²) in [4.78, 5) is 19.9. The number of amides is 1. The molecule has 0 bridgehead atoms. The lowest BCUT2D eigenvalue weighted by Crippen LogP contribution is -2.42. The summed E-state index contributed by atoms with van der Waals surface area (Å²) < 4.78 is 1.87. The van der Waals surface area contributed by atoms with Crippen molar-refractivity contribution in [3.05, 3.63) is 42.4 Å². The first-order valence-electron chi connectivity index (χ1n) is 7.74. The minimum absolute atomic E-state index is 0.0227. The van der Waals surface area contributed by atoms with Gasteiger partial charge in [-0.2, -0.15) is 0 Å². The van der Waals surface area contributed by atoms with E-state index in [4.69, 9.17) is 0 Å². The maximum absolute atomic E-state index is 12.2. The molecule has 0 aliphatic rings. The van der Waals surface area contributed by atoms with Gasteiger partial charge in [0, 0.05) is 16.4 Å². The second-order valence-corrected chi connectivity index (χ2v) is 6.88. The quantitative estimate of drug-likeness (QED) is 0.780. The average Bonchev–Trinajstić information content (AvgIpc) is 3.02. The highest BCUT2D eigenvalue weighted by molar-refractivity contribution is 5.90. The van der Waals surface area contributed by atoms with Crippen molar-refractivity contribution in [1.82, 2.24) is 19.9 Å². The van der Waals surface area contributed by atoms with Crippen LogP contribution in [0.15, 0.2) is 36.8 Å². The van der Waals surface area contributed by atoms with Gasteiger partial charge in [-0.05, 0) is 39.3 Å². The largest absolute Gasteiger partial charge is 0.353 e. The Labute approximate surface area is 135 Å². The minimum atomic E-state index is -0.241. The molecule has 0 radical (unpaired) electrons. The number of benzene rings is 1. The van der Waals surface area contributed by atoms with Gasteiger partial charge in [-0.15, -0.1) is 0 Å². The standard InChI is InChI=1S/C18H22N4O/c1-12-13-7-5-6-8-14(13)20-17(12)15-9-19-11-22(15)10-16(23)21-18(2,3)4/h5-9,11,20H,10H2,1-4H3,(H,21,23). The predicted molar refractivity (Wildman–Crippen MR) is 92.2 cm³/mol. The summed E-state index contributed by atoms with van der Waals surface area (Å²) in [5.74, 6) is -0.0227. The van der Waals surface area contributed by atoms with Gasteiger partial charge in [0.25, 0.3) is 0 Å². The van der Waals surface area contributed by atoms with E-state index in [1.54, 1.807) is 12.5 Å². The van der Waals surface area contributed by atoms with Crippen molar-refractivity contribution >= 4 is 16.8 Å². The smallest absolute Gasteiger partial charge is 0.240 e. The van der Waals surface area contributed by atoms with Crippen molar-refractivity contribution in [1.29, 1.82) is 0 Å². The SMILES string of the molecule is Cc1c(-c2cncn2CC(=O)NC(C)(C)C)[nH]c2ccccc12. The fourth-order valence-corrected chi connectivity index (χ4v) is 2.81. The number of aryl methyl sites for hydroxylation is 1. The topological polar surface area (TPSA) is 62.7 Å². The van der Waals surface area contributed by atoms with Gasteiger partial charge in [0.15, 0.2) is 0 Å². The van der Waals surface area contributed by atoms with Crippen LogP contribution < -0.4 is 5.32 Å². The molecule has 23 heavy (non-hydrogen) atoms. The fourth-order valence-electron chi connectivity index (χ4n) is 2.81. The molecule has 0 aliphatic carbocycles. The molecule has 3 rings (SSSR count). The number of H-pyrrole nitrogens is 1. The summed E-state index contributed by atoms with van der Waals surface area (Å²) in [5, 5.41) is 4.17. The van der Waals surface area contributed by atoms with Crippen LogP contribution in [0.25, 0.3) is 22.3 Å². The van der Waals surface area contributed by atoms with Crippen LogP contribution in [0.5, 0.6) is 0 Å². The number of carbonyl (C=O) groups excluding carboxylic acids is 1. The Hall–Kier alpha value is -2.56. The molecule has 120 valence electrons. The first-order chi connectivity index (χ1) is 10.8. The lowest BCUT2D eigenvalue weighted by molar-refractivity contribution is -0.123. The Morgan fingerprint density at radius 3 is 2.74 bits per heavy atom. The fraction of sp³-hybridized carbons (Fsp3) is 0.333. The third-order valence-corrected chi connectivity index (χ3v) is 3.76. The second kappa shape index (κ2) is 5.57. The first kappa shape index (κ1) is 15.3. The molecule has 0 spiro atoms. The number of hydrogen-bond acceptors (Lipinski definition) is 2. The van der Waals surface area contributed by atoms with E-state index in [1.807, 2.05) is 37.5 Å². The van der Waals surface area contributed by atoms with Crippen molar-refractivity contribution in [2.24, 2.45) is 0 Å². The molecular formula is C18H22N4O. The van der Waals surface area contributed by atoms with E-state index in [0.717, 1.165) is 16.9 Å². The molecule has 2 aromatic heterocycles. The molecule has 1 aromatic carbocycles. The third-order valence-electron chi connectivity index (χ3n) is 3.76. The molecule has 3 aromatic rings. The van der Waals surface area contributed by atoms with E-state index in [1.165, 1.54) is 10.9 Å². The third kappa shape index (κ3) is 3.13. The van der Waals surface area contributed by atoms with Crippen LogP contribution in [-0.4, -0.2) is 26.0 Å². The number of imidazole rings is 1. The lowest BCUT2D eigenvalue weighted by Gasteiger charge is -2.21. The summed E-state index contributed by atoms with van der Waals surface area (Å²) in [5.41, 5.74) is 3.94. The summed E-state index contributed by atoms with van der Waals surface area (Å²) in [6.45, 7) is 8.26. The van der Waals surface area contributed by atoms with Crippen molar-refractivity contribution < 1.29 is 4.79 Å². The number of nitrogens with zero attached hydrogens (tertiary/aromatic N) is 2. The molecule has 5 heteroatoms. The van der Waals surface area contributed by atoms with Crippen molar-refractivity contribution in [3.8, 4) is 11.4 Å². The average molecular weight is 310 g/mol. The monoisotopic (exact) mass is 310 g/mol. The van der Waals surface area contributed by atoms with Crippen LogP contribution in [0.4, 0.5) is 0 Å². The molecule has 0 atom stereocenters. The van der Waals surface area contributed by atoms with Crippen LogP contribution in [0, 0.1) is 6.92 Å². The van der Waals surface area contributed by atoms with Gasteiger partial charge in [-0.1, -0.05) is 18.2 Å². The number of aromatic nitrogens is 3. The second-order valence-electron chi connectivity index (χ2n) is 6.88. The van der Waals surface area contributed by atoms with Gasteiger partial charge in [-0.3, -0.25) is 4.79 Å². The zero-order valence-electron chi connectivity index (χ0n) is 14.0. The maximum Gasteiger partial charge on any atom is 0.240 e. The Morgan fingerprint density at radius 2 is 2.04 bits per heavy atom. The van der Waals surface area contributed by atoms with Crippen LogP contribution in [-0.2, 0) is 11.3 Å². The minimum Gasteiger partial charge on any atom is -0.353 e. The van der Waals surface area contributed by atoms with Gasteiger partial charge in [-0.25, -0.2) is 4.98 Å². The van der Waals surface area contributed by atoms with Gasteiger partial charge < -0.3 is 14.9 Å². The maximum atomic E-state index is 12.2. The van der Waals surface area contributed by atoms with Gasteiger partial charge >= 0.3 is 0 Å². The van der Waals surface area contributed by atoms with E-state index >= 15 is 0 Å². The van der Waals surface area contributed by atoms with Gasteiger partial charge in [0.2, 0.25) is 5.91 Å². The number of nitrogens with one attached hydrogen (secondary N) is 2.